The summed E-state index contributed by atoms with van der Waals surface area (Å²) in [7, 11) is 1.52. The van der Waals surface area contributed by atoms with Gasteiger partial charge >= 0.3 is 0 Å². The number of hydrogen-bond acceptors (Lipinski definition) is 4. The average molecular weight is 286 g/mol. The van der Waals surface area contributed by atoms with Gasteiger partial charge in [0.05, 0.1) is 0 Å². The van der Waals surface area contributed by atoms with Gasteiger partial charge in [0.2, 0.25) is 0 Å². The Morgan fingerprint density at radius 3 is 2.67 bits per heavy atom. The Labute approximate surface area is 119 Å². The number of benzene rings is 1. The predicted molar refractivity (Wildman–Crippen MR) is 78.7 cm³/mol. The highest BCUT2D eigenvalue weighted by atomic mass is 19.1. The van der Waals surface area contributed by atoms with Gasteiger partial charge < -0.3 is 10.6 Å². The van der Waals surface area contributed by atoms with E-state index in [1.165, 1.54) is 7.05 Å². The van der Waals surface area contributed by atoms with E-state index >= 15 is 0 Å². The van der Waals surface area contributed by atoms with Crippen molar-refractivity contribution in [1.29, 1.82) is 0 Å². The molecular weight excluding hydrogens is 274 g/mol. The number of anilines is 3. The molecule has 0 aliphatic heterocycles. The normalized spacial score (nSPS) is 10.6. The van der Waals surface area contributed by atoms with Crippen LogP contribution < -0.4 is 10.6 Å². The molecule has 106 valence electrons. The largest absolute Gasteiger partial charge is 0.371 e. The maximum atomic E-state index is 13.8. The van der Waals surface area contributed by atoms with Crippen molar-refractivity contribution >= 4 is 28.1 Å². The molecule has 0 saturated carbocycles. The van der Waals surface area contributed by atoms with Crippen LogP contribution in [0.2, 0.25) is 0 Å². The van der Waals surface area contributed by atoms with E-state index in [-0.39, 0.29) is 11.6 Å². The first-order valence-electron chi connectivity index (χ1n) is 6.32. The zero-order valence-corrected chi connectivity index (χ0v) is 11.2. The summed E-state index contributed by atoms with van der Waals surface area (Å²) in [4.78, 5) is 7.95. The van der Waals surface area contributed by atoms with Crippen LogP contribution in [0.3, 0.4) is 0 Å². The first kappa shape index (κ1) is 13.2. The monoisotopic (exact) mass is 286 g/mol. The van der Waals surface area contributed by atoms with Gasteiger partial charge in [0.15, 0.2) is 23.3 Å². The van der Waals surface area contributed by atoms with Crippen LogP contribution in [0, 0.1) is 11.6 Å². The van der Waals surface area contributed by atoms with Crippen LogP contribution in [0.25, 0.3) is 10.8 Å². The molecule has 0 spiro atoms. The van der Waals surface area contributed by atoms with Crippen molar-refractivity contribution in [3.63, 3.8) is 0 Å². The zero-order valence-electron chi connectivity index (χ0n) is 11.2. The molecule has 0 fully saturated rings. The fourth-order valence-electron chi connectivity index (χ4n) is 2.09. The summed E-state index contributed by atoms with van der Waals surface area (Å²) in [5, 5.41) is 7.27. The third-order valence-corrected chi connectivity index (χ3v) is 3.10. The summed E-state index contributed by atoms with van der Waals surface area (Å²) in [6, 6.07) is 8.14. The maximum absolute atomic E-state index is 13.8. The second-order valence-corrected chi connectivity index (χ2v) is 4.43. The molecule has 2 heterocycles. The summed E-state index contributed by atoms with van der Waals surface area (Å²) in [6.45, 7) is 0. The van der Waals surface area contributed by atoms with Crippen LogP contribution in [-0.4, -0.2) is 17.0 Å². The molecule has 0 aliphatic rings. The highest BCUT2D eigenvalue weighted by Crippen LogP contribution is 2.27. The average Bonchev–Trinajstić information content (AvgIpc) is 2.50. The van der Waals surface area contributed by atoms with Crippen molar-refractivity contribution < 1.29 is 8.78 Å². The minimum absolute atomic E-state index is 0.0131. The topological polar surface area (TPSA) is 49.8 Å². The molecule has 0 bridgehead atoms. The third kappa shape index (κ3) is 2.47. The van der Waals surface area contributed by atoms with E-state index in [1.54, 1.807) is 18.5 Å². The number of nitrogens with zero attached hydrogens (tertiary/aromatic N) is 2. The van der Waals surface area contributed by atoms with Gasteiger partial charge in [-0.3, -0.25) is 4.98 Å². The molecule has 3 rings (SSSR count). The number of halogens is 2. The van der Waals surface area contributed by atoms with Gasteiger partial charge in [-0.05, 0) is 12.1 Å². The summed E-state index contributed by atoms with van der Waals surface area (Å²) < 4.78 is 27.3. The zero-order chi connectivity index (χ0) is 14.8. The second kappa shape index (κ2) is 5.32. The number of rotatable bonds is 3. The molecule has 4 nitrogen and oxygen atoms in total. The van der Waals surface area contributed by atoms with E-state index < -0.39 is 11.6 Å². The Morgan fingerprint density at radius 1 is 1.05 bits per heavy atom. The van der Waals surface area contributed by atoms with Gasteiger partial charge in [0.1, 0.15) is 0 Å². The second-order valence-electron chi connectivity index (χ2n) is 4.43. The molecule has 1 aromatic carbocycles. The van der Waals surface area contributed by atoms with Crippen LogP contribution in [0.1, 0.15) is 0 Å². The number of hydrogen-bond donors (Lipinski definition) is 2. The summed E-state index contributed by atoms with van der Waals surface area (Å²) >= 11 is 0. The van der Waals surface area contributed by atoms with Crippen LogP contribution in [0.4, 0.5) is 26.1 Å². The molecule has 0 aliphatic carbocycles. The number of nitrogens with one attached hydrogen (secondary N) is 2. The fourth-order valence-corrected chi connectivity index (χ4v) is 2.09. The van der Waals surface area contributed by atoms with Crippen LogP contribution >= 0.6 is 0 Å². The van der Waals surface area contributed by atoms with Crippen molar-refractivity contribution in [3.05, 3.63) is 54.4 Å². The SMILES string of the molecule is CNc1nc(Nc2cccc3cnccc23)c(F)cc1F. The number of fused-ring (bicyclic) bond motifs is 1. The molecule has 0 radical (unpaired) electrons. The van der Waals surface area contributed by atoms with E-state index in [0.29, 0.717) is 5.69 Å². The standard InChI is InChI=1S/C15H12F2N4/c1-18-14-11(16)7-12(17)15(21-14)20-13-4-2-3-9-8-19-6-5-10(9)13/h2-8H,1H3,(H2,18,20,21). The van der Waals surface area contributed by atoms with Crippen LogP contribution in [0.15, 0.2) is 42.7 Å². The van der Waals surface area contributed by atoms with Gasteiger partial charge in [-0.15, -0.1) is 0 Å². The third-order valence-electron chi connectivity index (χ3n) is 3.10. The summed E-state index contributed by atoms with van der Waals surface area (Å²) in [6.07, 6.45) is 3.37. The molecule has 3 aromatic rings. The molecule has 21 heavy (non-hydrogen) atoms. The van der Waals surface area contributed by atoms with Gasteiger partial charge in [-0.1, -0.05) is 12.1 Å². The first-order valence-corrected chi connectivity index (χ1v) is 6.32. The summed E-state index contributed by atoms with van der Waals surface area (Å²) in [5.41, 5.74) is 0.676. The maximum Gasteiger partial charge on any atom is 0.169 e. The van der Waals surface area contributed by atoms with Gasteiger partial charge in [-0.2, -0.15) is 0 Å². The highest BCUT2D eigenvalue weighted by Gasteiger charge is 2.12. The van der Waals surface area contributed by atoms with Crippen LogP contribution in [0.5, 0.6) is 0 Å². The lowest BCUT2D eigenvalue weighted by atomic mass is 10.1. The molecule has 6 heteroatoms. The Hall–Kier alpha value is -2.76. The lowest BCUT2D eigenvalue weighted by Gasteiger charge is -2.11. The van der Waals surface area contributed by atoms with Gasteiger partial charge in [0.25, 0.3) is 0 Å². The Balaban J connectivity index is 2.07. The molecule has 0 saturated heterocycles. The Kier molecular flexibility index (Phi) is 3.35. The molecule has 2 aromatic heterocycles. The van der Waals surface area contributed by atoms with Crippen molar-refractivity contribution in [2.24, 2.45) is 0 Å². The Morgan fingerprint density at radius 2 is 1.86 bits per heavy atom. The van der Waals surface area contributed by atoms with E-state index in [2.05, 4.69) is 20.6 Å². The minimum Gasteiger partial charge on any atom is -0.371 e. The predicted octanol–water partition coefficient (Wildman–Crippen LogP) is 3.69. The van der Waals surface area contributed by atoms with E-state index in [1.807, 2.05) is 18.2 Å². The van der Waals surface area contributed by atoms with Gasteiger partial charge in [-0.25, -0.2) is 13.8 Å². The van der Waals surface area contributed by atoms with E-state index in [9.17, 15) is 8.78 Å². The first-order chi connectivity index (χ1) is 10.2. The smallest absolute Gasteiger partial charge is 0.169 e. The van der Waals surface area contributed by atoms with Gasteiger partial charge in [0, 0.05) is 42.0 Å². The summed E-state index contributed by atoms with van der Waals surface area (Å²) in [5.74, 6) is -1.54. The van der Waals surface area contributed by atoms with E-state index in [4.69, 9.17) is 0 Å². The molecule has 0 unspecified atom stereocenters. The molecular formula is C15H12F2N4. The lowest BCUT2D eigenvalue weighted by molar-refractivity contribution is 0.580. The van der Waals surface area contributed by atoms with Crippen molar-refractivity contribution in [3.8, 4) is 0 Å². The lowest BCUT2D eigenvalue weighted by Crippen LogP contribution is -2.03. The number of aromatic nitrogens is 2. The molecule has 0 amide bonds. The fraction of sp³-hybridized carbons (Fsp3) is 0.0667. The van der Waals surface area contributed by atoms with Crippen molar-refractivity contribution in [1.82, 2.24) is 9.97 Å². The van der Waals surface area contributed by atoms with Crippen molar-refractivity contribution in [2.75, 3.05) is 17.7 Å². The van der Waals surface area contributed by atoms with Crippen molar-refractivity contribution in [2.45, 2.75) is 0 Å². The number of pyridine rings is 2. The molecule has 2 N–H and O–H groups in total. The highest BCUT2D eigenvalue weighted by molar-refractivity contribution is 5.94. The minimum atomic E-state index is -0.752. The molecule has 0 atom stereocenters. The quantitative estimate of drug-likeness (QED) is 0.771. The van der Waals surface area contributed by atoms with E-state index in [0.717, 1.165) is 16.8 Å². The Bertz CT molecular complexity index is 800. The van der Waals surface area contributed by atoms with Crippen LogP contribution in [-0.2, 0) is 0 Å².